The van der Waals surface area contributed by atoms with Crippen LogP contribution in [-0.4, -0.2) is 60.3 Å². The van der Waals surface area contributed by atoms with Crippen molar-refractivity contribution in [2.24, 2.45) is 11.7 Å². The van der Waals surface area contributed by atoms with E-state index in [1.165, 1.54) is 27.8 Å². The van der Waals surface area contributed by atoms with Gasteiger partial charge in [0.1, 0.15) is 24.2 Å². The van der Waals surface area contributed by atoms with Crippen LogP contribution in [0.15, 0.2) is 42.6 Å². The number of amides is 4. The number of likely N-dealkylation sites (tertiary alicyclic amines) is 1. The minimum absolute atomic E-state index is 0.0328. The number of fused-ring (bicyclic) bond motifs is 1. The lowest BCUT2D eigenvalue weighted by molar-refractivity contribution is -0.124. The number of anilines is 1. The first-order chi connectivity index (χ1) is 18.2. The molecule has 0 aliphatic carbocycles. The molecule has 0 radical (unpaired) electrons. The van der Waals surface area contributed by atoms with E-state index >= 15 is 0 Å². The van der Waals surface area contributed by atoms with Gasteiger partial charge in [-0.1, -0.05) is 30.7 Å². The summed E-state index contributed by atoms with van der Waals surface area (Å²) in [6, 6.07) is 7.61. The molecule has 2 heterocycles. The predicted octanol–water partition coefficient (Wildman–Crippen LogP) is 3.94. The molecule has 0 spiro atoms. The first-order valence-corrected chi connectivity index (χ1v) is 12.4. The number of nitrogens with two attached hydrogens (primary N) is 1. The number of nitrogens with one attached hydrogen (secondary N) is 2. The minimum atomic E-state index is -0.760. The number of rotatable bonds is 8. The van der Waals surface area contributed by atoms with Gasteiger partial charge in [0.05, 0.1) is 22.8 Å². The van der Waals surface area contributed by atoms with Crippen molar-refractivity contribution in [1.29, 1.82) is 0 Å². The van der Waals surface area contributed by atoms with Crippen LogP contribution in [0, 0.1) is 11.7 Å². The van der Waals surface area contributed by atoms with E-state index in [4.69, 9.17) is 26.8 Å². The van der Waals surface area contributed by atoms with E-state index in [0.717, 1.165) is 0 Å². The Morgan fingerprint density at radius 2 is 2.00 bits per heavy atom. The van der Waals surface area contributed by atoms with Crippen molar-refractivity contribution in [3.63, 3.8) is 0 Å². The number of nitrogens with zero attached hydrogens (tertiary/aromatic N) is 2. The van der Waals surface area contributed by atoms with Crippen molar-refractivity contribution < 1.29 is 28.2 Å². The van der Waals surface area contributed by atoms with E-state index in [1.54, 1.807) is 31.4 Å². The van der Waals surface area contributed by atoms with E-state index in [2.05, 4.69) is 10.6 Å². The van der Waals surface area contributed by atoms with Crippen LogP contribution in [-0.2, 0) is 16.1 Å². The zero-order valence-corrected chi connectivity index (χ0v) is 21.8. The van der Waals surface area contributed by atoms with Crippen molar-refractivity contribution in [2.75, 3.05) is 32.2 Å². The van der Waals surface area contributed by atoms with E-state index in [9.17, 15) is 18.8 Å². The van der Waals surface area contributed by atoms with Crippen LogP contribution in [0.4, 0.5) is 19.7 Å². The lowest BCUT2D eigenvalue weighted by atomic mass is 10.1. The number of aromatic nitrogens is 1. The average molecular weight is 546 g/mol. The molecule has 38 heavy (non-hydrogen) atoms. The first-order valence-electron chi connectivity index (χ1n) is 12.0. The van der Waals surface area contributed by atoms with Gasteiger partial charge in [0.2, 0.25) is 5.91 Å². The quantitative estimate of drug-likeness (QED) is 0.369. The standard InChI is InChI=1S/C26H29ClFN5O5/c1-15-10-22(24(34)30-12-16-4-3-5-19(27)23(16)28)33(13-15)26(36)31-20-14-32(25(29)35)21-7-6-17(11-18(20)21)38-9-8-37-2/h3-7,11,14-15,22H,8-10,12-13H2,1-2H3,(H2,29,35)(H,30,34)(H,31,36)/t15-,22-/m0/s1. The van der Waals surface area contributed by atoms with Crippen molar-refractivity contribution >= 4 is 46.2 Å². The summed E-state index contributed by atoms with van der Waals surface area (Å²) in [5, 5.41) is 6.03. The van der Waals surface area contributed by atoms with Gasteiger partial charge in [-0.05, 0) is 36.6 Å². The van der Waals surface area contributed by atoms with Crippen LogP contribution in [0.2, 0.25) is 5.02 Å². The Hall–Kier alpha value is -3.83. The van der Waals surface area contributed by atoms with E-state index in [-0.39, 0.29) is 23.0 Å². The molecular weight excluding hydrogens is 517 g/mol. The summed E-state index contributed by atoms with van der Waals surface area (Å²) in [7, 11) is 1.56. The molecule has 12 heteroatoms. The van der Waals surface area contributed by atoms with Crippen LogP contribution >= 0.6 is 11.6 Å². The lowest BCUT2D eigenvalue weighted by Crippen LogP contribution is -2.47. The molecule has 1 saturated heterocycles. The highest BCUT2D eigenvalue weighted by atomic mass is 35.5. The molecule has 1 fully saturated rings. The van der Waals surface area contributed by atoms with Gasteiger partial charge in [-0.15, -0.1) is 0 Å². The summed E-state index contributed by atoms with van der Waals surface area (Å²) < 4.78 is 26.1. The molecule has 10 nitrogen and oxygen atoms in total. The number of hydrogen-bond donors (Lipinski definition) is 3. The molecule has 4 N–H and O–H groups in total. The highest BCUT2D eigenvalue weighted by Gasteiger charge is 2.38. The van der Waals surface area contributed by atoms with E-state index in [0.29, 0.717) is 48.5 Å². The van der Waals surface area contributed by atoms with Gasteiger partial charge in [-0.2, -0.15) is 0 Å². The Labute approximate surface area is 223 Å². The summed E-state index contributed by atoms with van der Waals surface area (Å²) in [5.74, 6) is -0.419. The Balaban J connectivity index is 1.52. The number of primary amides is 1. The van der Waals surface area contributed by atoms with Gasteiger partial charge in [0.15, 0.2) is 0 Å². The fourth-order valence-electron chi connectivity index (χ4n) is 4.51. The molecule has 0 bridgehead atoms. The third kappa shape index (κ3) is 5.84. The largest absolute Gasteiger partial charge is 0.491 e. The number of carbonyl (C=O) groups excluding carboxylic acids is 3. The molecule has 3 aromatic rings. The maximum Gasteiger partial charge on any atom is 0.323 e. The molecule has 0 unspecified atom stereocenters. The Kier molecular flexibility index (Phi) is 8.38. The number of benzene rings is 2. The highest BCUT2D eigenvalue weighted by molar-refractivity contribution is 6.30. The van der Waals surface area contributed by atoms with Crippen molar-refractivity contribution in [1.82, 2.24) is 14.8 Å². The van der Waals surface area contributed by atoms with Gasteiger partial charge in [0, 0.05) is 37.3 Å². The SMILES string of the molecule is COCCOc1ccc2c(c1)c(NC(=O)N1C[C@@H](C)C[C@H]1C(=O)NCc1cccc(Cl)c1F)cn2C(N)=O. The lowest BCUT2D eigenvalue weighted by Gasteiger charge is -2.24. The van der Waals surface area contributed by atoms with Crippen LogP contribution in [0.3, 0.4) is 0 Å². The summed E-state index contributed by atoms with van der Waals surface area (Å²) in [6.45, 7) is 2.93. The van der Waals surface area contributed by atoms with Crippen molar-refractivity contribution in [2.45, 2.75) is 25.9 Å². The number of halogens is 2. The Morgan fingerprint density at radius 3 is 2.74 bits per heavy atom. The first kappa shape index (κ1) is 27.2. The van der Waals surface area contributed by atoms with Crippen LogP contribution < -0.4 is 21.1 Å². The predicted molar refractivity (Wildman–Crippen MR) is 141 cm³/mol. The molecule has 4 rings (SSSR count). The number of methoxy groups -OCH3 is 1. The van der Waals surface area contributed by atoms with Crippen molar-refractivity contribution in [3.8, 4) is 5.75 Å². The third-order valence-corrected chi connectivity index (χ3v) is 6.66. The fraction of sp³-hybridized carbons (Fsp3) is 0.346. The smallest absolute Gasteiger partial charge is 0.323 e. The minimum Gasteiger partial charge on any atom is -0.491 e. The van der Waals surface area contributed by atoms with Gasteiger partial charge < -0.3 is 30.7 Å². The maximum atomic E-state index is 14.2. The summed E-state index contributed by atoms with van der Waals surface area (Å²) >= 11 is 5.83. The van der Waals surface area contributed by atoms with Gasteiger partial charge in [-0.25, -0.2) is 14.0 Å². The van der Waals surface area contributed by atoms with E-state index < -0.39 is 29.8 Å². The fourth-order valence-corrected chi connectivity index (χ4v) is 4.71. The number of ether oxygens (including phenoxy) is 2. The van der Waals surface area contributed by atoms with E-state index in [1.807, 2.05) is 6.92 Å². The molecular formula is C26H29ClFN5O5. The monoisotopic (exact) mass is 545 g/mol. The van der Waals surface area contributed by atoms with Crippen molar-refractivity contribution in [3.05, 3.63) is 59.0 Å². The highest BCUT2D eigenvalue weighted by Crippen LogP contribution is 2.31. The van der Waals surface area contributed by atoms with Crippen LogP contribution in [0.1, 0.15) is 18.9 Å². The number of carbonyl (C=O) groups is 3. The number of hydrogen-bond acceptors (Lipinski definition) is 5. The summed E-state index contributed by atoms with van der Waals surface area (Å²) in [4.78, 5) is 39.8. The van der Waals surface area contributed by atoms with Gasteiger partial charge in [-0.3, -0.25) is 9.36 Å². The van der Waals surface area contributed by atoms with Gasteiger partial charge in [0.25, 0.3) is 0 Å². The zero-order valence-electron chi connectivity index (χ0n) is 21.0. The second-order valence-electron chi connectivity index (χ2n) is 9.14. The normalized spacial score (nSPS) is 17.0. The molecule has 2 atom stereocenters. The average Bonchev–Trinajstić information content (AvgIpc) is 3.45. The summed E-state index contributed by atoms with van der Waals surface area (Å²) in [6.07, 6.45) is 1.87. The third-order valence-electron chi connectivity index (χ3n) is 6.37. The Bertz CT molecular complexity index is 1360. The summed E-state index contributed by atoms with van der Waals surface area (Å²) in [5.41, 5.74) is 6.59. The maximum absolute atomic E-state index is 14.2. The second kappa shape index (κ2) is 11.7. The second-order valence-corrected chi connectivity index (χ2v) is 9.55. The molecule has 1 aliphatic heterocycles. The molecule has 2 aromatic carbocycles. The topological polar surface area (TPSA) is 128 Å². The number of urea groups is 1. The molecule has 1 aliphatic rings. The molecule has 202 valence electrons. The zero-order chi connectivity index (χ0) is 27.4. The Morgan fingerprint density at radius 1 is 1.21 bits per heavy atom. The molecule has 1 aromatic heterocycles. The molecule has 0 saturated carbocycles. The van der Waals surface area contributed by atoms with Crippen LogP contribution in [0.25, 0.3) is 10.9 Å². The van der Waals surface area contributed by atoms with Crippen LogP contribution in [0.5, 0.6) is 5.75 Å². The molecule has 4 amide bonds. The van der Waals surface area contributed by atoms with Gasteiger partial charge >= 0.3 is 12.1 Å².